The third-order valence-electron chi connectivity index (χ3n) is 2.31. The summed E-state index contributed by atoms with van der Waals surface area (Å²) < 4.78 is 4.83. The van der Waals surface area contributed by atoms with E-state index in [1.165, 1.54) is 0 Å². The zero-order valence-electron chi connectivity index (χ0n) is 13.8. The SMILES string of the molecule is CCOCC.O=[N+]([O-])OCC(CO[N+](=O)[O-])(CO[N+](=O)[O-])CO[N+](=O)[O-]. The summed E-state index contributed by atoms with van der Waals surface area (Å²) in [6.45, 7) is 1.54. The van der Waals surface area contributed by atoms with Gasteiger partial charge in [-0.3, -0.25) is 0 Å². The van der Waals surface area contributed by atoms with Gasteiger partial charge in [0.05, 0.1) is 5.41 Å². The highest BCUT2D eigenvalue weighted by Gasteiger charge is 2.37. The van der Waals surface area contributed by atoms with E-state index in [2.05, 4.69) is 19.4 Å². The molecule has 0 spiro atoms. The Morgan fingerprint density at radius 2 is 0.846 bits per heavy atom. The van der Waals surface area contributed by atoms with Crippen LogP contribution in [0.5, 0.6) is 0 Å². The van der Waals surface area contributed by atoms with Gasteiger partial charge in [-0.25, -0.2) is 0 Å². The van der Waals surface area contributed by atoms with Crippen LogP contribution in [-0.4, -0.2) is 60.0 Å². The average Bonchev–Trinajstić information content (AvgIpc) is 2.54. The molecule has 0 aliphatic rings. The molecular formula is C9H18N4O13. The molecule has 0 amide bonds. The molecule has 0 rings (SSSR count). The molecule has 0 heterocycles. The van der Waals surface area contributed by atoms with Crippen molar-refractivity contribution in [3.63, 3.8) is 0 Å². The van der Waals surface area contributed by atoms with E-state index in [9.17, 15) is 40.5 Å². The van der Waals surface area contributed by atoms with E-state index >= 15 is 0 Å². The summed E-state index contributed by atoms with van der Waals surface area (Å²) in [7, 11) is 0. The molecule has 0 aromatic rings. The van der Waals surface area contributed by atoms with E-state index in [-0.39, 0.29) is 0 Å². The molecule has 0 aliphatic heterocycles. The normalized spacial score (nSPS) is 9.92. The first-order chi connectivity index (χ1) is 12.1. The Bertz CT molecular complexity index is 379. The average molecular weight is 390 g/mol. The van der Waals surface area contributed by atoms with Crippen molar-refractivity contribution in [2.45, 2.75) is 13.8 Å². The molecule has 0 N–H and O–H groups in total. The molecule has 0 atom stereocenters. The molecule has 17 heteroatoms. The predicted molar refractivity (Wildman–Crippen MR) is 76.4 cm³/mol. The fourth-order valence-electron chi connectivity index (χ4n) is 1.21. The van der Waals surface area contributed by atoms with Crippen LogP contribution in [0.3, 0.4) is 0 Å². The molecule has 0 bridgehead atoms. The highest BCUT2D eigenvalue weighted by Crippen LogP contribution is 2.21. The minimum absolute atomic E-state index is 0.844. The number of hydrogen-bond donors (Lipinski definition) is 0. The van der Waals surface area contributed by atoms with E-state index < -0.39 is 52.2 Å². The molecule has 0 saturated heterocycles. The van der Waals surface area contributed by atoms with Crippen LogP contribution in [0.4, 0.5) is 0 Å². The standard InChI is InChI=1S/C5H8N4O12.C4H10O/c10-6(11)18-1-5(2-19-7(12)13,3-20-8(14)15)4-21-9(16)17;1-3-5-4-2/h1-4H2;3-4H2,1-2H3. The van der Waals surface area contributed by atoms with Crippen molar-refractivity contribution in [2.24, 2.45) is 5.41 Å². The van der Waals surface area contributed by atoms with Gasteiger partial charge in [-0.1, -0.05) is 0 Å². The maximum atomic E-state index is 10.1. The van der Waals surface area contributed by atoms with Gasteiger partial charge in [0.1, 0.15) is 26.4 Å². The Morgan fingerprint density at radius 3 is 0.962 bits per heavy atom. The Kier molecular flexibility index (Phi) is 13.6. The van der Waals surface area contributed by atoms with Crippen molar-refractivity contribution in [1.82, 2.24) is 0 Å². The summed E-state index contributed by atoms with van der Waals surface area (Å²) in [6.07, 6.45) is 0. The Labute approximate surface area is 145 Å². The summed E-state index contributed by atoms with van der Waals surface area (Å²) in [6, 6.07) is 0. The summed E-state index contributed by atoms with van der Waals surface area (Å²) in [4.78, 5) is 56.2. The maximum Gasteiger partial charge on any atom is 0.294 e. The lowest BCUT2D eigenvalue weighted by molar-refractivity contribution is -0.792. The third kappa shape index (κ3) is 15.6. The largest absolute Gasteiger partial charge is 0.382 e. The Balaban J connectivity index is 0. The van der Waals surface area contributed by atoms with Gasteiger partial charge >= 0.3 is 0 Å². The molecule has 0 radical (unpaired) electrons. The predicted octanol–water partition coefficient (Wildman–Crippen LogP) is -0.151. The van der Waals surface area contributed by atoms with E-state index in [1.54, 1.807) is 0 Å². The van der Waals surface area contributed by atoms with Gasteiger partial charge < -0.3 is 24.1 Å². The van der Waals surface area contributed by atoms with Crippen molar-refractivity contribution < 1.29 is 44.4 Å². The fraction of sp³-hybridized carbons (Fsp3) is 1.00. The van der Waals surface area contributed by atoms with Crippen molar-refractivity contribution in [3.8, 4) is 0 Å². The lowest BCUT2D eigenvalue weighted by Crippen LogP contribution is -2.43. The highest BCUT2D eigenvalue weighted by atomic mass is 17.0. The van der Waals surface area contributed by atoms with Crippen LogP contribution < -0.4 is 0 Å². The van der Waals surface area contributed by atoms with Crippen LogP contribution in [-0.2, 0) is 24.1 Å². The molecular weight excluding hydrogens is 372 g/mol. The minimum Gasteiger partial charge on any atom is -0.382 e. The molecule has 0 aromatic carbocycles. The first-order valence-electron chi connectivity index (χ1n) is 6.75. The second-order valence-electron chi connectivity index (χ2n) is 4.27. The fourth-order valence-corrected chi connectivity index (χ4v) is 1.21. The van der Waals surface area contributed by atoms with Crippen LogP contribution in [0, 0.1) is 45.9 Å². The van der Waals surface area contributed by atoms with Gasteiger partial charge in [0.15, 0.2) is 0 Å². The van der Waals surface area contributed by atoms with Crippen LogP contribution in [0.1, 0.15) is 13.8 Å². The van der Waals surface area contributed by atoms with Gasteiger partial charge in [0.2, 0.25) is 0 Å². The zero-order chi connectivity index (χ0) is 20.6. The number of hydrogen-bond acceptors (Lipinski definition) is 13. The monoisotopic (exact) mass is 390 g/mol. The second kappa shape index (κ2) is 14.1. The molecule has 17 nitrogen and oxygen atoms in total. The molecule has 26 heavy (non-hydrogen) atoms. The van der Waals surface area contributed by atoms with E-state index in [1.807, 2.05) is 13.8 Å². The van der Waals surface area contributed by atoms with E-state index in [0.717, 1.165) is 13.2 Å². The maximum absolute atomic E-state index is 10.1. The van der Waals surface area contributed by atoms with Crippen molar-refractivity contribution in [1.29, 1.82) is 0 Å². The van der Waals surface area contributed by atoms with Gasteiger partial charge in [0.25, 0.3) is 20.3 Å². The molecule has 0 fully saturated rings. The van der Waals surface area contributed by atoms with Gasteiger partial charge in [-0.2, -0.15) is 0 Å². The van der Waals surface area contributed by atoms with Crippen molar-refractivity contribution in [3.05, 3.63) is 40.5 Å². The van der Waals surface area contributed by atoms with Crippen LogP contribution in [0.25, 0.3) is 0 Å². The molecule has 0 aliphatic carbocycles. The summed E-state index contributed by atoms with van der Waals surface area (Å²) in [5.41, 5.74) is -2.03. The van der Waals surface area contributed by atoms with Crippen LogP contribution >= 0.6 is 0 Å². The lowest BCUT2D eigenvalue weighted by Gasteiger charge is -2.28. The summed E-state index contributed by atoms with van der Waals surface area (Å²) in [5.74, 6) is 0. The smallest absolute Gasteiger partial charge is 0.294 e. The third-order valence-corrected chi connectivity index (χ3v) is 2.31. The second-order valence-corrected chi connectivity index (χ2v) is 4.27. The van der Waals surface area contributed by atoms with Crippen LogP contribution in [0.15, 0.2) is 0 Å². The zero-order valence-corrected chi connectivity index (χ0v) is 13.8. The highest BCUT2D eigenvalue weighted by molar-refractivity contribution is 4.77. The number of nitrogens with zero attached hydrogens (tertiary/aromatic N) is 4. The first kappa shape index (κ1) is 25.0. The Morgan fingerprint density at radius 1 is 0.615 bits per heavy atom. The topological polar surface area (TPSA) is 219 Å². The summed E-state index contributed by atoms with van der Waals surface area (Å²) >= 11 is 0. The van der Waals surface area contributed by atoms with Crippen LogP contribution in [0.2, 0.25) is 0 Å². The molecule has 0 aromatic heterocycles. The minimum atomic E-state index is -2.03. The quantitative estimate of drug-likeness (QED) is 0.278. The molecule has 152 valence electrons. The molecule has 0 saturated carbocycles. The number of ether oxygens (including phenoxy) is 1. The van der Waals surface area contributed by atoms with Gasteiger partial charge in [0, 0.05) is 13.2 Å². The van der Waals surface area contributed by atoms with Gasteiger partial charge in [-0.15, -0.1) is 40.5 Å². The van der Waals surface area contributed by atoms with Crippen molar-refractivity contribution in [2.75, 3.05) is 39.6 Å². The van der Waals surface area contributed by atoms with E-state index in [4.69, 9.17) is 4.74 Å². The van der Waals surface area contributed by atoms with E-state index in [0.29, 0.717) is 0 Å². The number of rotatable bonds is 14. The lowest BCUT2D eigenvalue weighted by atomic mass is 9.92. The summed E-state index contributed by atoms with van der Waals surface area (Å²) in [5, 5.41) is 35.3. The molecule has 0 unspecified atom stereocenters. The Hall–Kier alpha value is -3.24. The van der Waals surface area contributed by atoms with Crippen molar-refractivity contribution >= 4 is 0 Å². The first-order valence-corrected chi connectivity index (χ1v) is 6.75. The van der Waals surface area contributed by atoms with Gasteiger partial charge in [-0.05, 0) is 13.8 Å².